The minimum atomic E-state index is -0.137. The Morgan fingerprint density at radius 2 is 2.25 bits per heavy atom. The first-order valence-electron chi connectivity index (χ1n) is 6.45. The Balaban J connectivity index is 1.93. The summed E-state index contributed by atoms with van der Waals surface area (Å²) < 4.78 is 5.41. The summed E-state index contributed by atoms with van der Waals surface area (Å²) in [6.07, 6.45) is 3.63. The Morgan fingerprint density at radius 1 is 1.40 bits per heavy atom. The van der Waals surface area contributed by atoms with Crippen molar-refractivity contribution in [3.8, 4) is 11.5 Å². The largest absolute Gasteiger partial charge is 0.338 e. The van der Waals surface area contributed by atoms with Crippen LogP contribution in [0.25, 0.3) is 11.5 Å². The summed E-state index contributed by atoms with van der Waals surface area (Å²) in [5, 5.41) is 8.24. The highest BCUT2D eigenvalue weighted by Gasteiger charge is 2.34. The maximum absolute atomic E-state index is 6.11. The lowest BCUT2D eigenvalue weighted by Gasteiger charge is -2.30. The average molecular weight is 313 g/mol. The molecule has 0 aliphatic carbocycles. The van der Waals surface area contributed by atoms with Crippen LogP contribution in [0.2, 0.25) is 10.0 Å². The topological polar surface area (TPSA) is 63.8 Å². The van der Waals surface area contributed by atoms with E-state index in [1.165, 1.54) is 6.20 Å². The number of nitrogens with one attached hydrogen (secondary N) is 1. The average Bonchev–Trinajstić information content (AvgIpc) is 2.90. The zero-order valence-electron chi connectivity index (χ0n) is 11.0. The van der Waals surface area contributed by atoms with Gasteiger partial charge in [0.15, 0.2) is 0 Å². The second-order valence-electron chi connectivity index (χ2n) is 5.25. The molecular formula is C13H14Cl2N4O. The molecule has 5 nitrogen and oxygen atoms in total. The number of nitrogens with zero attached hydrogens (tertiary/aromatic N) is 3. The summed E-state index contributed by atoms with van der Waals surface area (Å²) in [6, 6.07) is 1.62. The number of aromatic nitrogens is 3. The molecule has 0 spiro atoms. The van der Waals surface area contributed by atoms with Crippen LogP contribution in [0, 0.1) is 0 Å². The molecule has 0 radical (unpaired) electrons. The molecular weight excluding hydrogens is 299 g/mol. The van der Waals surface area contributed by atoms with Gasteiger partial charge in [-0.1, -0.05) is 28.4 Å². The SMILES string of the molecule is CC1(c2nc(-c3ncc(Cl)cc3Cl)no2)CCCNC1. The highest BCUT2D eigenvalue weighted by atomic mass is 35.5. The minimum Gasteiger partial charge on any atom is -0.338 e. The molecule has 1 aliphatic heterocycles. The van der Waals surface area contributed by atoms with E-state index in [2.05, 4.69) is 27.4 Å². The summed E-state index contributed by atoms with van der Waals surface area (Å²) in [7, 11) is 0. The van der Waals surface area contributed by atoms with Crippen LogP contribution in [0.15, 0.2) is 16.8 Å². The predicted molar refractivity (Wildman–Crippen MR) is 77.0 cm³/mol. The third-order valence-electron chi connectivity index (χ3n) is 3.56. The molecule has 1 fully saturated rings. The highest BCUT2D eigenvalue weighted by molar-refractivity contribution is 6.35. The Bertz CT molecular complexity index is 623. The van der Waals surface area contributed by atoms with Gasteiger partial charge < -0.3 is 9.84 Å². The van der Waals surface area contributed by atoms with Crippen molar-refractivity contribution in [2.45, 2.75) is 25.2 Å². The number of rotatable bonds is 2. The van der Waals surface area contributed by atoms with Crippen molar-refractivity contribution in [3.63, 3.8) is 0 Å². The van der Waals surface area contributed by atoms with Crippen LogP contribution < -0.4 is 5.32 Å². The van der Waals surface area contributed by atoms with Gasteiger partial charge in [0.2, 0.25) is 11.7 Å². The van der Waals surface area contributed by atoms with Gasteiger partial charge in [-0.15, -0.1) is 0 Å². The van der Waals surface area contributed by atoms with Gasteiger partial charge in [0.05, 0.1) is 15.5 Å². The van der Waals surface area contributed by atoms with Crippen molar-refractivity contribution < 1.29 is 4.52 Å². The van der Waals surface area contributed by atoms with E-state index < -0.39 is 0 Å². The fourth-order valence-corrected chi connectivity index (χ4v) is 2.85. The lowest BCUT2D eigenvalue weighted by Crippen LogP contribution is -2.41. The summed E-state index contributed by atoms with van der Waals surface area (Å²) in [5.41, 5.74) is 0.348. The standard InChI is InChI=1S/C13H14Cl2N4O/c1-13(3-2-4-16-7-13)12-18-11(19-20-12)10-9(15)5-8(14)6-17-10/h5-6,16H,2-4,7H2,1H3. The molecule has 1 aliphatic rings. The number of piperidine rings is 1. The summed E-state index contributed by atoms with van der Waals surface area (Å²) in [5.74, 6) is 1.01. The van der Waals surface area contributed by atoms with Crippen LogP contribution in [-0.4, -0.2) is 28.2 Å². The minimum absolute atomic E-state index is 0.137. The maximum atomic E-state index is 6.11. The second kappa shape index (κ2) is 5.31. The van der Waals surface area contributed by atoms with Crippen LogP contribution in [0.3, 0.4) is 0 Å². The van der Waals surface area contributed by atoms with Gasteiger partial charge in [0.25, 0.3) is 0 Å². The van der Waals surface area contributed by atoms with E-state index in [9.17, 15) is 0 Å². The van der Waals surface area contributed by atoms with E-state index in [4.69, 9.17) is 27.7 Å². The van der Waals surface area contributed by atoms with Gasteiger partial charge >= 0.3 is 0 Å². The summed E-state index contributed by atoms with van der Waals surface area (Å²) >= 11 is 11.9. The molecule has 7 heteroatoms. The lowest BCUT2D eigenvalue weighted by molar-refractivity contribution is 0.245. The molecule has 106 valence electrons. The Kier molecular flexibility index (Phi) is 3.67. The van der Waals surface area contributed by atoms with Gasteiger partial charge in [-0.25, -0.2) is 4.98 Å². The third kappa shape index (κ3) is 2.53. The van der Waals surface area contributed by atoms with Gasteiger partial charge in [0, 0.05) is 12.7 Å². The number of hydrogen-bond acceptors (Lipinski definition) is 5. The van der Waals surface area contributed by atoms with E-state index in [1.54, 1.807) is 6.07 Å². The predicted octanol–water partition coefficient (Wildman–Crippen LogP) is 3.08. The molecule has 1 saturated heterocycles. The molecule has 3 heterocycles. The Hall–Kier alpha value is -1.17. The van der Waals surface area contributed by atoms with Crippen molar-refractivity contribution in [2.24, 2.45) is 0 Å². The van der Waals surface area contributed by atoms with Gasteiger partial charge in [-0.05, 0) is 32.4 Å². The molecule has 0 amide bonds. The quantitative estimate of drug-likeness (QED) is 0.923. The molecule has 0 aromatic carbocycles. The fourth-order valence-electron chi connectivity index (χ4n) is 2.38. The molecule has 1 N–H and O–H groups in total. The summed E-state index contributed by atoms with van der Waals surface area (Å²) in [4.78, 5) is 8.62. The van der Waals surface area contributed by atoms with Crippen molar-refractivity contribution >= 4 is 23.2 Å². The van der Waals surface area contributed by atoms with Crippen molar-refractivity contribution in [3.05, 3.63) is 28.2 Å². The molecule has 2 aromatic heterocycles. The molecule has 1 atom stereocenters. The normalized spacial score (nSPS) is 22.9. The molecule has 20 heavy (non-hydrogen) atoms. The molecule has 2 aromatic rings. The first-order chi connectivity index (χ1) is 9.58. The van der Waals surface area contributed by atoms with E-state index in [0.29, 0.717) is 27.5 Å². The number of pyridine rings is 1. The van der Waals surface area contributed by atoms with Crippen LogP contribution in [0.1, 0.15) is 25.7 Å². The zero-order valence-corrected chi connectivity index (χ0v) is 12.5. The van der Waals surface area contributed by atoms with E-state index in [-0.39, 0.29) is 5.41 Å². The van der Waals surface area contributed by atoms with Crippen molar-refractivity contribution in [2.75, 3.05) is 13.1 Å². The number of halogens is 2. The van der Waals surface area contributed by atoms with Gasteiger partial charge in [-0.3, -0.25) is 0 Å². The van der Waals surface area contributed by atoms with Gasteiger partial charge in [-0.2, -0.15) is 4.98 Å². The van der Waals surface area contributed by atoms with E-state index in [1.807, 2.05) is 0 Å². The number of hydrogen-bond donors (Lipinski definition) is 1. The van der Waals surface area contributed by atoms with E-state index >= 15 is 0 Å². The molecule has 0 bridgehead atoms. The van der Waals surface area contributed by atoms with Gasteiger partial charge in [0.1, 0.15) is 5.69 Å². The zero-order chi connectivity index (χ0) is 14.2. The summed E-state index contributed by atoms with van der Waals surface area (Å²) in [6.45, 7) is 3.98. The van der Waals surface area contributed by atoms with E-state index in [0.717, 1.165) is 25.9 Å². The fraction of sp³-hybridized carbons (Fsp3) is 0.462. The highest BCUT2D eigenvalue weighted by Crippen LogP contribution is 2.32. The van der Waals surface area contributed by atoms with Crippen molar-refractivity contribution in [1.29, 1.82) is 0 Å². The van der Waals surface area contributed by atoms with Crippen molar-refractivity contribution in [1.82, 2.24) is 20.4 Å². The molecule has 3 rings (SSSR count). The van der Waals surface area contributed by atoms with Crippen LogP contribution in [0.4, 0.5) is 0 Å². The second-order valence-corrected chi connectivity index (χ2v) is 6.09. The first-order valence-corrected chi connectivity index (χ1v) is 7.20. The van der Waals surface area contributed by atoms with Crippen LogP contribution >= 0.6 is 23.2 Å². The Morgan fingerprint density at radius 3 is 2.95 bits per heavy atom. The molecule has 1 unspecified atom stereocenters. The first kappa shape index (κ1) is 13.8. The Labute approximate surface area is 126 Å². The third-order valence-corrected chi connectivity index (χ3v) is 4.05. The lowest BCUT2D eigenvalue weighted by atomic mass is 9.83. The smallest absolute Gasteiger partial charge is 0.234 e. The van der Waals surface area contributed by atoms with Crippen LogP contribution in [-0.2, 0) is 5.41 Å². The maximum Gasteiger partial charge on any atom is 0.234 e. The molecule has 0 saturated carbocycles. The van der Waals surface area contributed by atoms with Crippen LogP contribution in [0.5, 0.6) is 0 Å². The monoisotopic (exact) mass is 312 g/mol.